The highest BCUT2D eigenvalue weighted by atomic mass is 32.2. The number of hydrogen-bond acceptors (Lipinski definition) is 6. The molecule has 2 N–H and O–H groups in total. The van der Waals surface area contributed by atoms with Gasteiger partial charge in [0.15, 0.2) is 11.5 Å². The fourth-order valence-corrected chi connectivity index (χ4v) is 4.99. The van der Waals surface area contributed by atoms with Gasteiger partial charge in [0.1, 0.15) is 0 Å². The van der Waals surface area contributed by atoms with E-state index in [2.05, 4.69) is 10.6 Å². The molecule has 0 atom stereocenters. The average Bonchev–Trinajstić information content (AvgIpc) is 3.22. The summed E-state index contributed by atoms with van der Waals surface area (Å²) >= 11 is 0. The fraction of sp³-hybridized carbons (Fsp3) is 0.174. The van der Waals surface area contributed by atoms with Crippen LogP contribution in [0.15, 0.2) is 70.5 Å². The third-order valence-corrected chi connectivity index (χ3v) is 6.84. The number of aryl methyl sites for hydroxylation is 1. The minimum Gasteiger partial charge on any atom is -0.454 e. The number of anilines is 2. The summed E-state index contributed by atoms with van der Waals surface area (Å²) in [6.45, 7) is 3.69. The molecule has 1 aliphatic heterocycles. The average molecular weight is 439 g/mol. The topological polar surface area (TPSA) is 93.7 Å². The lowest BCUT2D eigenvalue weighted by Gasteiger charge is -2.15. The fourth-order valence-electron chi connectivity index (χ4n) is 3.37. The minimum absolute atomic E-state index is 0.0242. The molecule has 7 nitrogen and oxygen atoms in total. The predicted octanol–water partition coefficient (Wildman–Crippen LogP) is 3.92. The van der Waals surface area contributed by atoms with Gasteiger partial charge in [0, 0.05) is 17.4 Å². The first-order valence-electron chi connectivity index (χ1n) is 9.69. The van der Waals surface area contributed by atoms with Gasteiger partial charge < -0.3 is 20.1 Å². The molecule has 3 aromatic rings. The van der Waals surface area contributed by atoms with Crippen LogP contribution in [-0.2, 0) is 14.6 Å². The number of nitrogens with one attached hydrogen (secondary N) is 2. The summed E-state index contributed by atoms with van der Waals surface area (Å²) in [4.78, 5) is 12.9. The zero-order valence-electron chi connectivity index (χ0n) is 17.1. The van der Waals surface area contributed by atoms with Crippen molar-refractivity contribution in [2.24, 2.45) is 0 Å². The Morgan fingerprint density at radius 1 is 0.968 bits per heavy atom. The number of amides is 1. The van der Waals surface area contributed by atoms with Crippen molar-refractivity contribution in [1.29, 1.82) is 0 Å². The van der Waals surface area contributed by atoms with Crippen molar-refractivity contribution in [1.82, 2.24) is 0 Å². The van der Waals surface area contributed by atoms with Crippen molar-refractivity contribution in [2.45, 2.75) is 23.6 Å². The molecule has 0 fully saturated rings. The van der Waals surface area contributed by atoms with Gasteiger partial charge in [-0.25, -0.2) is 8.42 Å². The van der Waals surface area contributed by atoms with Crippen LogP contribution in [0.4, 0.5) is 11.4 Å². The van der Waals surface area contributed by atoms with E-state index >= 15 is 0 Å². The molecule has 0 aliphatic carbocycles. The second kappa shape index (κ2) is 8.31. The molecular weight excluding hydrogens is 416 g/mol. The Kier molecular flexibility index (Phi) is 5.56. The lowest BCUT2D eigenvalue weighted by molar-refractivity contribution is -0.114. The number of sulfone groups is 1. The van der Waals surface area contributed by atoms with Crippen LogP contribution in [0, 0.1) is 13.8 Å². The molecule has 1 amide bonds. The van der Waals surface area contributed by atoms with Crippen LogP contribution in [0.2, 0.25) is 0 Å². The molecule has 0 saturated carbocycles. The molecule has 4 rings (SSSR count). The number of rotatable bonds is 6. The van der Waals surface area contributed by atoms with Gasteiger partial charge in [-0.3, -0.25) is 4.79 Å². The maximum absolute atomic E-state index is 13.1. The van der Waals surface area contributed by atoms with Crippen molar-refractivity contribution < 1.29 is 22.7 Å². The van der Waals surface area contributed by atoms with E-state index in [-0.39, 0.29) is 29.0 Å². The lowest BCUT2D eigenvalue weighted by atomic mass is 10.1. The summed E-state index contributed by atoms with van der Waals surface area (Å²) < 4.78 is 36.8. The number of ether oxygens (including phenoxy) is 2. The number of carbonyl (C=O) groups is 1. The van der Waals surface area contributed by atoms with Crippen molar-refractivity contribution in [3.8, 4) is 11.5 Å². The molecule has 0 aromatic heterocycles. The molecule has 31 heavy (non-hydrogen) atoms. The van der Waals surface area contributed by atoms with E-state index in [4.69, 9.17) is 9.47 Å². The summed E-state index contributed by atoms with van der Waals surface area (Å²) in [6, 6.07) is 16.9. The quantitative estimate of drug-likeness (QED) is 0.606. The summed E-state index contributed by atoms with van der Waals surface area (Å²) in [5, 5.41) is 5.85. The van der Waals surface area contributed by atoms with Gasteiger partial charge in [0.25, 0.3) is 0 Å². The second-order valence-corrected chi connectivity index (χ2v) is 9.14. The Morgan fingerprint density at radius 2 is 1.71 bits per heavy atom. The summed E-state index contributed by atoms with van der Waals surface area (Å²) in [5.74, 6) is 0.946. The highest BCUT2D eigenvalue weighted by molar-refractivity contribution is 7.91. The molecule has 3 aromatic carbocycles. The van der Waals surface area contributed by atoms with Crippen molar-refractivity contribution >= 4 is 27.1 Å². The van der Waals surface area contributed by atoms with E-state index in [1.807, 2.05) is 13.0 Å². The van der Waals surface area contributed by atoms with Crippen LogP contribution in [0.25, 0.3) is 0 Å². The Bertz CT molecular complexity index is 1240. The maximum atomic E-state index is 13.1. The van der Waals surface area contributed by atoms with E-state index in [0.717, 1.165) is 5.56 Å². The van der Waals surface area contributed by atoms with E-state index in [1.54, 1.807) is 61.5 Å². The van der Waals surface area contributed by atoms with Crippen molar-refractivity contribution in [3.63, 3.8) is 0 Å². The van der Waals surface area contributed by atoms with Crippen LogP contribution in [0.1, 0.15) is 11.1 Å². The smallest absolute Gasteiger partial charge is 0.243 e. The number of fused-ring (bicyclic) bond motifs is 1. The van der Waals surface area contributed by atoms with E-state index in [9.17, 15) is 13.2 Å². The highest BCUT2D eigenvalue weighted by Gasteiger charge is 2.22. The predicted molar refractivity (Wildman–Crippen MR) is 117 cm³/mol. The largest absolute Gasteiger partial charge is 0.454 e. The van der Waals surface area contributed by atoms with Gasteiger partial charge in [0.2, 0.25) is 22.5 Å². The minimum atomic E-state index is -3.67. The molecule has 1 heterocycles. The van der Waals surface area contributed by atoms with Gasteiger partial charge in [-0.05, 0) is 61.4 Å². The molecule has 0 spiro atoms. The SMILES string of the molecule is Cc1cc(NCC(=O)Nc2ccc3c(c2)OCO3)c(C)c(S(=O)(=O)c2ccccc2)c1. The number of carbonyl (C=O) groups excluding carboxylic acids is 1. The Labute approximate surface area is 180 Å². The van der Waals surface area contributed by atoms with Crippen LogP contribution < -0.4 is 20.1 Å². The van der Waals surface area contributed by atoms with Crippen LogP contribution in [-0.4, -0.2) is 27.7 Å². The normalized spacial score (nSPS) is 12.5. The Hall–Kier alpha value is -3.52. The van der Waals surface area contributed by atoms with Crippen LogP contribution >= 0.6 is 0 Å². The maximum Gasteiger partial charge on any atom is 0.243 e. The molecule has 8 heteroatoms. The summed E-state index contributed by atoms with van der Waals surface area (Å²) in [7, 11) is -3.67. The number of benzene rings is 3. The second-order valence-electron chi connectivity index (χ2n) is 7.22. The third-order valence-electron chi connectivity index (χ3n) is 4.94. The van der Waals surface area contributed by atoms with Crippen LogP contribution in [0.3, 0.4) is 0 Å². The van der Waals surface area contributed by atoms with E-state index in [0.29, 0.717) is 28.4 Å². The first-order valence-corrected chi connectivity index (χ1v) is 11.2. The zero-order valence-corrected chi connectivity index (χ0v) is 18.0. The van der Waals surface area contributed by atoms with E-state index < -0.39 is 9.84 Å². The van der Waals surface area contributed by atoms with Crippen molar-refractivity contribution in [3.05, 3.63) is 71.8 Å². The standard InChI is InChI=1S/C23H22N2O5S/c1-15-10-19(16(2)22(11-15)31(27,28)18-6-4-3-5-7-18)24-13-23(26)25-17-8-9-20-21(12-17)30-14-29-20/h3-12,24H,13-14H2,1-2H3,(H,25,26). The lowest BCUT2D eigenvalue weighted by Crippen LogP contribution is -2.22. The van der Waals surface area contributed by atoms with Gasteiger partial charge in [-0.15, -0.1) is 0 Å². The Morgan fingerprint density at radius 3 is 2.48 bits per heavy atom. The number of hydrogen-bond donors (Lipinski definition) is 2. The third kappa shape index (κ3) is 4.34. The summed E-state index contributed by atoms with van der Waals surface area (Å²) in [5.41, 5.74) is 2.52. The molecule has 1 aliphatic rings. The monoisotopic (exact) mass is 438 g/mol. The van der Waals surface area contributed by atoms with Gasteiger partial charge in [-0.1, -0.05) is 18.2 Å². The molecule has 0 unspecified atom stereocenters. The highest BCUT2D eigenvalue weighted by Crippen LogP contribution is 2.34. The summed E-state index contributed by atoms with van der Waals surface area (Å²) in [6.07, 6.45) is 0. The van der Waals surface area contributed by atoms with Crippen molar-refractivity contribution in [2.75, 3.05) is 24.0 Å². The molecule has 0 bridgehead atoms. The molecule has 0 radical (unpaired) electrons. The first kappa shape index (κ1) is 20.7. The zero-order chi connectivity index (χ0) is 22.0. The molecule has 160 valence electrons. The first-order chi connectivity index (χ1) is 14.8. The van der Waals surface area contributed by atoms with Gasteiger partial charge in [-0.2, -0.15) is 0 Å². The van der Waals surface area contributed by atoms with Crippen LogP contribution in [0.5, 0.6) is 11.5 Å². The Balaban J connectivity index is 1.51. The van der Waals surface area contributed by atoms with Gasteiger partial charge >= 0.3 is 0 Å². The molecular formula is C23H22N2O5S. The van der Waals surface area contributed by atoms with Gasteiger partial charge in [0.05, 0.1) is 16.3 Å². The van der Waals surface area contributed by atoms with E-state index in [1.165, 1.54) is 0 Å². The molecule has 0 saturated heterocycles.